The van der Waals surface area contributed by atoms with Crippen LogP contribution in [-0.2, 0) is 42.7 Å². The number of aliphatic hydroxyl groups is 3. The maximum absolute atomic E-state index is 14.1. The molecule has 3 heterocycles. The van der Waals surface area contributed by atoms with Crippen molar-refractivity contribution in [2.75, 3.05) is 14.2 Å². The largest absolute Gasteiger partial charge is 0.459 e. The Kier molecular flexibility index (Phi) is 14.3. The van der Waals surface area contributed by atoms with Gasteiger partial charge in [0.05, 0.1) is 47.6 Å². The number of ether oxygens (including phenoxy) is 7. The van der Waals surface area contributed by atoms with Crippen LogP contribution in [0.3, 0.4) is 0 Å². The molecule has 0 spiro atoms. The van der Waals surface area contributed by atoms with E-state index in [4.69, 9.17) is 33.2 Å². The smallest absolute Gasteiger partial charge is 0.311 e. The van der Waals surface area contributed by atoms with Gasteiger partial charge in [0.2, 0.25) is 0 Å². The Morgan fingerprint density at radius 2 is 1.41 bits per heavy atom. The van der Waals surface area contributed by atoms with Crippen LogP contribution in [0.5, 0.6) is 0 Å². The molecule has 17 atom stereocenters. The molecule has 0 bridgehead atoms. The zero-order valence-electron chi connectivity index (χ0n) is 32.1. The van der Waals surface area contributed by atoms with Crippen LogP contribution in [-0.4, -0.2) is 113 Å². The molecule has 3 saturated heterocycles. The summed E-state index contributed by atoms with van der Waals surface area (Å²) in [5.74, 6) is -3.65. The highest BCUT2D eigenvalue weighted by atomic mass is 16.7. The molecule has 0 aromatic rings. The summed E-state index contributed by atoms with van der Waals surface area (Å²) in [5, 5.41) is 33.9. The van der Waals surface area contributed by atoms with Crippen molar-refractivity contribution in [1.29, 1.82) is 0 Å². The fourth-order valence-corrected chi connectivity index (χ4v) is 8.40. The number of carbonyl (C=O) groups excluding carboxylic acids is 2. The molecular formula is C37H66O12. The highest BCUT2D eigenvalue weighted by Crippen LogP contribution is 2.41. The van der Waals surface area contributed by atoms with Crippen molar-refractivity contribution in [3.63, 3.8) is 0 Å². The predicted molar refractivity (Wildman–Crippen MR) is 181 cm³/mol. The Bertz CT molecular complexity index is 1090. The normalized spacial score (nSPS) is 49.6. The van der Waals surface area contributed by atoms with E-state index in [9.17, 15) is 24.9 Å². The minimum absolute atomic E-state index is 0.0332. The zero-order chi connectivity index (χ0) is 37.2. The molecule has 0 aliphatic carbocycles. The van der Waals surface area contributed by atoms with Crippen LogP contribution in [0.25, 0.3) is 0 Å². The van der Waals surface area contributed by atoms with E-state index >= 15 is 0 Å². The Labute approximate surface area is 293 Å². The summed E-state index contributed by atoms with van der Waals surface area (Å²) in [6, 6.07) is 0. The highest BCUT2D eigenvalue weighted by Gasteiger charge is 2.53. The molecule has 0 unspecified atom stereocenters. The van der Waals surface area contributed by atoms with Crippen molar-refractivity contribution in [2.45, 2.75) is 180 Å². The summed E-state index contributed by atoms with van der Waals surface area (Å²) >= 11 is 0. The fraction of sp³-hybridized carbons (Fsp3) is 0.946. The molecule has 0 aromatic heterocycles. The van der Waals surface area contributed by atoms with E-state index in [2.05, 4.69) is 6.92 Å². The van der Waals surface area contributed by atoms with E-state index in [-0.39, 0.29) is 31.1 Å². The standard InChI is InChI=1S/C37H66O12/c1-14-26-37(11,42)31(39)22(5)29(38)20(3)17-36(10,44-13)33(49-27-16-19(2)15-21(4)45-27)23(6)30(24(7)34(41)47-26)48-28-18-35(9,43-12)32(40)25(8)46-28/h19-28,30-33,39-40,42H,14-18H2,1-13H3/t19-,20+,21+,22-,23-,24+,25-,26+,27-,28-,30-,31+,32-,33+,35+,36+,37+/m0/s1. The van der Waals surface area contributed by atoms with E-state index in [0.717, 1.165) is 6.42 Å². The van der Waals surface area contributed by atoms with Gasteiger partial charge in [-0.2, -0.15) is 0 Å². The molecule has 49 heavy (non-hydrogen) atoms. The maximum atomic E-state index is 14.1. The molecule has 286 valence electrons. The van der Waals surface area contributed by atoms with E-state index in [0.29, 0.717) is 12.3 Å². The van der Waals surface area contributed by atoms with Crippen LogP contribution in [0.2, 0.25) is 0 Å². The van der Waals surface area contributed by atoms with Crippen LogP contribution in [0.15, 0.2) is 0 Å². The number of rotatable bonds is 7. The Balaban J connectivity index is 2.18. The number of carbonyl (C=O) groups is 2. The average molecular weight is 703 g/mol. The lowest BCUT2D eigenvalue weighted by Gasteiger charge is -2.49. The number of hydrogen-bond acceptors (Lipinski definition) is 12. The summed E-state index contributed by atoms with van der Waals surface area (Å²) in [4.78, 5) is 28.0. The van der Waals surface area contributed by atoms with Crippen LogP contribution in [0, 0.1) is 29.6 Å². The Hall–Kier alpha value is -1.22. The second kappa shape index (κ2) is 16.6. The molecule has 0 saturated carbocycles. The van der Waals surface area contributed by atoms with E-state index in [1.807, 2.05) is 20.8 Å². The van der Waals surface area contributed by atoms with Crippen LogP contribution >= 0.6 is 0 Å². The predicted octanol–water partition coefficient (Wildman–Crippen LogP) is 4.17. The molecule has 0 aromatic carbocycles. The molecule has 3 N–H and O–H groups in total. The molecule has 3 aliphatic heterocycles. The summed E-state index contributed by atoms with van der Waals surface area (Å²) in [5.41, 5.74) is -4.01. The van der Waals surface area contributed by atoms with E-state index in [1.165, 1.54) is 14.0 Å². The third kappa shape index (κ3) is 9.24. The second-order valence-corrected chi connectivity index (χ2v) is 16.0. The number of methoxy groups -OCH3 is 2. The minimum atomic E-state index is -1.93. The molecule has 12 nitrogen and oxygen atoms in total. The second-order valence-electron chi connectivity index (χ2n) is 16.0. The average Bonchev–Trinajstić information content (AvgIpc) is 3.04. The zero-order valence-corrected chi connectivity index (χ0v) is 32.1. The lowest BCUT2D eigenvalue weighted by Crippen LogP contribution is -2.60. The van der Waals surface area contributed by atoms with Crippen molar-refractivity contribution < 1.29 is 58.1 Å². The molecule has 3 fully saturated rings. The number of ketones is 1. The first-order chi connectivity index (χ1) is 22.6. The first kappa shape index (κ1) is 42.2. The van der Waals surface area contributed by atoms with Crippen molar-refractivity contribution in [3.05, 3.63) is 0 Å². The summed E-state index contributed by atoms with van der Waals surface area (Å²) in [6.45, 7) is 19.7. The lowest BCUT2D eigenvalue weighted by molar-refractivity contribution is -0.309. The maximum Gasteiger partial charge on any atom is 0.311 e. The van der Waals surface area contributed by atoms with E-state index in [1.54, 1.807) is 48.7 Å². The number of aliphatic hydroxyl groups excluding tert-OH is 2. The number of esters is 1. The SMILES string of the molecule is CC[C@H]1OC(=O)[C@H](C)[C@@H](O[C@H]2C[C@@](C)(OC)[C@@H](O)[C@H](C)O2)[C@H](C)[C@@H](O[C@H]2C[C@@H](C)C[C@@H](C)O2)[C@](C)(OC)C[C@@H](C)C(=O)[C@H](C)[C@@H](O)[C@]1(C)O. The van der Waals surface area contributed by atoms with Gasteiger partial charge < -0.3 is 48.5 Å². The summed E-state index contributed by atoms with van der Waals surface area (Å²) < 4.78 is 44.0. The number of cyclic esters (lactones) is 1. The van der Waals surface area contributed by atoms with Gasteiger partial charge >= 0.3 is 5.97 Å². The minimum Gasteiger partial charge on any atom is -0.459 e. The third-order valence-corrected chi connectivity index (χ3v) is 11.7. The van der Waals surface area contributed by atoms with Crippen LogP contribution in [0.1, 0.15) is 108 Å². The van der Waals surface area contributed by atoms with Gasteiger partial charge in [0.25, 0.3) is 0 Å². The van der Waals surface area contributed by atoms with Gasteiger partial charge in [-0.05, 0) is 66.7 Å². The number of Topliss-reactive ketones (excluding diaryl/α,β-unsaturated/α-hetero) is 1. The first-order valence-corrected chi connectivity index (χ1v) is 18.2. The molecular weight excluding hydrogens is 636 g/mol. The third-order valence-electron chi connectivity index (χ3n) is 11.7. The molecule has 0 amide bonds. The van der Waals surface area contributed by atoms with Gasteiger partial charge in [0.1, 0.15) is 23.6 Å². The Morgan fingerprint density at radius 3 is 1.96 bits per heavy atom. The van der Waals surface area contributed by atoms with Gasteiger partial charge in [0, 0.05) is 44.8 Å². The highest BCUT2D eigenvalue weighted by molar-refractivity contribution is 5.83. The van der Waals surface area contributed by atoms with Gasteiger partial charge in [-0.1, -0.05) is 34.6 Å². The first-order valence-electron chi connectivity index (χ1n) is 18.2. The lowest BCUT2D eigenvalue weighted by atomic mass is 9.74. The van der Waals surface area contributed by atoms with Crippen molar-refractivity contribution in [1.82, 2.24) is 0 Å². The van der Waals surface area contributed by atoms with Crippen LogP contribution < -0.4 is 0 Å². The molecule has 12 heteroatoms. The topological polar surface area (TPSA) is 159 Å². The van der Waals surface area contributed by atoms with Crippen molar-refractivity contribution >= 4 is 11.8 Å². The van der Waals surface area contributed by atoms with Gasteiger partial charge in [-0.25, -0.2) is 0 Å². The Morgan fingerprint density at radius 1 is 0.796 bits per heavy atom. The fourth-order valence-electron chi connectivity index (χ4n) is 8.40. The van der Waals surface area contributed by atoms with Gasteiger partial charge in [0.15, 0.2) is 12.6 Å². The van der Waals surface area contributed by atoms with Gasteiger partial charge in [-0.15, -0.1) is 0 Å². The molecule has 3 rings (SSSR count). The van der Waals surface area contributed by atoms with Crippen molar-refractivity contribution in [2.24, 2.45) is 29.6 Å². The molecule has 0 radical (unpaired) electrons. The quantitative estimate of drug-likeness (QED) is 0.326. The monoisotopic (exact) mass is 702 g/mol. The summed E-state index contributed by atoms with van der Waals surface area (Å²) in [6.07, 6.45) is -5.21. The van der Waals surface area contributed by atoms with Crippen LogP contribution in [0.4, 0.5) is 0 Å². The molecule has 3 aliphatic rings. The summed E-state index contributed by atoms with van der Waals surface area (Å²) in [7, 11) is 3.09. The van der Waals surface area contributed by atoms with Crippen molar-refractivity contribution in [3.8, 4) is 0 Å². The van der Waals surface area contributed by atoms with E-state index < -0.39 is 95.6 Å². The number of hydrogen-bond donors (Lipinski definition) is 3. The van der Waals surface area contributed by atoms with Gasteiger partial charge in [-0.3, -0.25) is 9.59 Å².